The third-order valence-electron chi connectivity index (χ3n) is 5.41. The molecule has 3 rings (SSSR count). The van der Waals surface area contributed by atoms with Crippen molar-refractivity contribution in [2.75, 3.05) is 46.6 Å². The lowest BCUT2D eigenvalue weighted by atomic mass is 10.0. The van der Waals surface area contributed by atoms with Gasteiger partial charge in [0, 0.05) is 0 Å². The summed E-state index contributed by atoms with van der Waals surface area (Å²) in [6.45, 7) is 8.19. The van der Waals surface area contributed by atoms with E-state index in [1.54, 1.807) is 7.11 Å². The van der Waals surface area contributed by atoms with Gasteiger partial charge in [0.25, 0.3) is 5.91 Å². The zero-order valence-corrected chi connectivity index (χ0v) is 18.6. The van der Waals surface area contributed by atoms with Gasteiger partial charge in [-0.25, -0.2) is 0 Å². The number of allylic oxidation sites excluding steroid dienone is 1. The van der Waals surface area contributed by atoms with Crippen LogP contribution in [0.15, 0.2) is 48.5 Å². The molecule has 1 fully saturated rings. The van der Waals surface area contributed by atoms with Crippen LogP contribution in [0, 0.1) is 6.92 Å². The van der Waals surface area contributed by atoms with Gasteiger partial charge < -0.3 is 24.4 Å². The maximum Gasteiger partial charge on any atom is 0.258 e. The Balaban J connectivity index is 1.65. The number of hydrogen-bond donors (Lipinski definition) is 2. The lowest BCUT2D eigenvalue weighted by Crippen LogP contribution is -3.14. The number of morpholine rings is 1. The van der Waals surface area contributed by atoms with E-state index in [9.17, 15) is 4.79 Å². The molecule has 0 unspecified atom stereocenters. The topological polar surface area (TPSA) is 61.2 Å². The van der Waals surface area contributed by atoms with Crippen molar-refractivity contribution in [1.82, 2.24) is 5.32 Å². The number of ether oxygens (including phenoxy) is 3. The molecule has 2 N–H and O–H groups in total. The van der Waals surface area contributed by atoms with Gasteiger partial charge in [0.1, 0.15) is 25.7 Å². The van der Waals surface area contributed by atoms with Crippen molar-refractivity contribution in [3.8, 4) is 11.5 Å². The minimum Gasteiger partial charge on any atom is -0.493 e. The van der Waals surface area contributed by atoms with Crippen LogP contribution < -0.4 is 19.7 Å². The summed E-state index contributed by atoms with van der Waals surface area (Å²) in [6, 6.07) is 13.9. The van der Waals surface area contributed by atoms with Crippen molar-refractivity contribution in [3.05, 3.63) is 65.2 Å². The molecule has 31 heavy (non-hydrogen) atoms. The van der Waals surface area contributed by atoms with E-state index >= 15 is 0 Å². The van der Waals surface area contributed by atoms with Crippen molar-refractivity contribution in [2.45, 2.75) is 19.9 Å². The molecule has 1 amide bonds. The lowest BCUT2D eigenvalue weighted by molar-refractivity contribution is -0.909. The number of carbonyl (C=O) groups is 1. The molecule has 6 nitrogen and oxygen atoms in total. The van der Waals surface area contributed by atoms with Crippen LogP contribution >= 0.6 is 0 Å². The molecule has 1 heterocycles. The van der Waals surface area contributed by atoms with Crippen LogP contribution in [0.4, 0.5) is 0 Å². The number of quaternary nitrogens is 1. The smallest absolute Gasteiger partial charge is 0.258 e. The van der Waals surface area contributed by atoms with E-state index in [1.807, 2.05) is 37.3 Å². The molecule has 0 aliphatic carbocycles. The van der Waals surface area contributed by atoms with Crippen molar-refractivity contribution >= 4 is 12.0 Å². The van der Waals surface area contributed by atoms with Crippen LogP contribution in [0.3, 0.4) is 0 Å². The zero-order chi connectivity index (χ0) is 22.1. The van der Waals surface area contributed by atoms with Crippen LogP contribution in [-0.4, -0.2) is 52.5 Å². The van der Waals surface area contributed by atoms with Crippen molar-refractivity contribution in [3.63, 3.8) is 0 Å². The molecule has 2 aromatic rings. The van der Waals surface area contributed by atoms with E-state index in [-0.39, 0.29) is 18.6 Å². The Bertz CT molecular complexity index is 874. The first kappa shape index (κ1) is 22.8. The molecule has 0 saturated carbocycles. The van der Waals surface area contributed by atoms with Crippen LogP contribution in [0.1, 0.15) is 29.7 Å². The molecule has 0 radical (unpaired) electrons. The van der Waals surface area contributed by atoms with Crippen molar-refractivity contribution in [1.29, 1.82) is 0 Å². The summed E-state index contributed by atoms with van der Waals surface area (Å²) in [4.78, 5) is 14.2. The monoisotopic (exact) mass is 425 g/mol. The normalized spacial score (nSPS) is 15.6. The fraction of sp³-hybridized carbons (Fsp3) is 0.400. The number of hydrogen-bond acceptors (Lipinski definition) is 4. The predicted molar refractivity (Wildman–Crippen MR) is 122 cm³/mol. The van der Waals surface area contributed by atoms with Gasteiger partial charge in [0.15, 0.2) is 18.1 Å². The first-order valence-electron chi connectivity index (χ1n) is 10.8. The molecule has 0 aromatic heterocycles. The summed E-state index contributed by atoms with van der Waals surface area (Å²) in [7, 11) is 1.60. The van der Waals surface area contributed by atoms with E-state index < -0.39 is 0 Å². The average molecular weight is 426 g/mol. The van der Waals surface area contributed by atoms with E-state index in [1.165, 1.54) is 10.5 Å². The maximum absolute atomic E-state index is 12.8. The Hall–Kier alpha value is -2.83. The van der Waals surface area contributed by atoms with Crippen LogP contribution in [0.25, 0.3) is 6.08 Å². The second kappa shape index (κ2) is 11.5. The summed E-state index contributed by atoms with van der Waals surface area (Å²) in [6.07, 6.45) is 3.95. The fourth-order valence-electron chi connectivity index (χ4n) is 3.68. The van der Waals surface area contributed by atoms with Gasteiger partial charge in [0.05, 0.1) is 20.3 Å². The highest BCUT2D eigenvalue weighted by molar-refractivity contribution is 5.78. The second-order valence-electron chi connectivity index (χ2n) is 7.80. The molecular formula is C25H33N2O4+. The van der Waals surface area contributed by atoms with Crippen molar-refractivity contribution < 1.29 is 23.9 Å². The highest BCUT2D eigenvalue weighted by atomic mass is 16.5. The quantitative estimate of drug-likeness (QED) is 0.647. The number of amides is 1. The first-order valence-corrected chi connectivity index (χ1v) is 10.8. The Kier molecular flexibility index (Phi) is 8.50. The summed E-state index contributed by atoms with van der Waals surface area (Å²) in [5.74, 6) is 1.01. The van der Waals surface area contributed by atoms with Gasteiger partial charge in [-0.15, -0.1) is 0 Å². The van der Waals surface area contributed by atoms with Crippen molar-refractivity contribution in [2.24, 2.45) is 0 Å². The molecule has 0 bridgehead atoms. The summed E-state index contributed by atoms with van der Waals surface area (Å²) in [5, 5.41) is 3.16. The highest BCUT2D eigenvalue weighted by Crippen LogP contribution is 2.28. The minimum atomic E-state index is -0.155. The van der Waals surface area contributed by atoms with E-state index in [0.29, 0.717) is 11.5 Å². The standard InChI is InChI=1S/C25H32N2O4/c1-4-5-20-8-11-23(24(16-20)29-3)31-18-25(28)26-22(17-27-12-14-30-15-13-27)21-9-6-19(2)7-10-21/h4-11,16,22H,12-15,17-18H2,1-3H3,(H,26,28)/p+1/b5-4+/t22-/m0/s1. The van der Waals surface area contributed by atoms with Gasteiger partial charge in [-0.3, -0.25) is 4.79 Å². The summed E-state index contributed by atoms with van der Waals surface area (Å²) < 4.78 is 16.7. The molecule has 0 spiro atoms. The second-order valence-corrected chi connectivity index (χ2v) is 7.80. The number of aryl methyl sites for hydroxylation is 1. The molecular weight excluding hydrogens is 392 g/mol. The predicted octanol–water partition coefficient (Wildman–Crippen LogP) is 2.19. The van der Waals surface area contributed by atoms with Crippen LogP contribution in [0.5, 0.6) is 11.5 Å². The van der Waals surface area contributed by atoms with Gasteiger partial charge in [-0.2, -0.15) is 0 Å². The van der Waals surface area contributed by atoms with E-state index in [4.69, 9.17) is 14.2 Å². The summed E-state index contributed by atoms with van der Waals surface area (Å²) in [5.41, 5.74) is 3.32. The van der Waals surface area contributed by atoms with Crippen LogP contribution in [0.2, 0.25) is 0 Å². The lowest BCUT2D eigenvalue weighted by Gasteiger charge is -2.28. The maximum atomic E-state index is 12.8. The van der Waals surface area contributed by atoms with Gasteiger partial charge in [0.2, 0.25) is 0 Å². The number of methoxy groups -OCH3 is 1. The summed E-state index contributed by atoms with van der Waals surface area (Å²) >= 11 is 0. The largest absolute Gasteiger partial charge is 0.493 e. The number of benzene rings is 2. The van der Waals surface area contributed by atoms with Gasteiger partial charge in [-0.05, 0) is 37.1 Å². The molecule has 1 aliphatic rings. The Labute approximate surface area is 184 Å². The Morgan fingerprint density at radius 2 is 1.90 bits per heavy atom. The molecule has 166 valence electrons. The third-order valence-corrected chi connectivity index (χ3v) is 5.41. The van der Waals surface area contributed by atoms with Gasteiger partial charge in [-0.1, -0.05) is 48.0 Å². The number of rotatable bonds is 9. The molecule has 1 aliphatic heterocycles. The number of nitrogens with one attached hydrogen (secondary N) is 2. The zero-order valence-electron chi connectivity index (χ0n) is 18.6. The highest BCUT2D eigenvalue weighted by Gasteiger charge is 2.23. The fourth-order valence-corrected chi connectivity index (χ4v) is 3.68. The first-order chi connectivity index (χ1) is 15.1. The average Bonchev–Trinajstić information content (AvgIpc) is 2.79. The van der Waals surface area contributed by atoms with Gasteiger partial charge >= 0.3 is 0 Å². The van der Waals surface area contributed by atoms with E-state index in [2.05, 4.69) is 36.5 Å². The SMILES string of the molecule is C/C=C/c1ccc(OCC(=O)N[C@@H](C[NH+]2CCOCC2)c2ccc(C)cc2)c(OC)c1. The Morgan fingerprint density at radius 3 is 2.58 bits per heavy atom. The molecule has 6 heteroatoms. The molecule has 2 aromatic carbocycles. The third kappa shape index (κ3) is 6.84. The minimum absolute atomic E-state index is 0.0693. The van der Waals surface area contributed by atoms with Crippen LogP contribution in [-0.2, 0) is 9.53 Å². The molecule has 1 saturated heterocycles. The number of carbonyl (C=O) groups excluding carboxylic acids is 1. The van der Waals surface area contributed by atoms with E-state index in [0.717, 1.165) is 44.0 Å². The molecule has 1 atom stereocenters. The Morgan fingerprint density at radius 1 is 1.16 bits per heavy atom.